The first-order valence-corrected chi connectivity index (χ1v) is 12.2. The molecule has 9 heteroatoms. The Morgan fingerprint density at radius 1 is 1.11 bits per heavy atom. The fourth-order valence-corrected chi connectivity index (χ4v) is 4.65. The van der Waals surface area contributed by atoms with Crippen molar-refractivity contribution in [3.63, 3.8) is 0 Å². The van der Waals surface area contributed by atoms with Crippen LogP contribution in [0.5, 0.6) is 5.75 Å². The monoisotopic (exact) mass is 501 g/mol. The summed E-state index contributed by atoms with van der Waals surface area (Å²) < 4.78 is 22.2. The smallest absolute Gasteiger partial charge is 0.259 e. The maximum atomic E-state index is 13.7. The number of likely N-dealkylation sites (tertiary alicyclic amines) is 1. The minimum Gasteiger partial charge on any atom is -0.497 e. The maximum absolute atomic E-state index is 13.7. The van der Waals surface area contributed by atoms with Gasteiger partial charge in [-0.1, -0.05) is 12.1 Å². The van der Waals surface area contributed by atoms with Gasteiger partial charge in [0.25, 0.3) is 5.91 Å². The molecule has 0 saturated carbocycles. The summed E-state index contributed by atoms with van der Waals surface area (Å²) in [5, 5.41) is 7.46. The molecule has 1 saturated heterocycles. The SMILES string of the molecule is COc1cccc(CNC(=O)[C@H]2CCCN(C(=O)c3cnn(-c4ccc(F)cc4)c3-n3cccc3)C2)c1. The third-order valence-corrected chi connectivity index (χ3v) is 6.57. The molecule has 0 radical (unpaired) electrons. The van der Waals surface area contributed by atoms with E-state index in [2.05, 4.69) is 10.4 Å². The Balaban J connectivity index is 1.33. The minimum absolute atomic E-state index is 0.0760. The lowest BCUT2D eigenvalue weighted by atomic mass is 9.96. The number of benzene rings is 2. The highest BCUT2D eigenvalue weighted by Gasteiger charge is 2.31. The molecular weight excluding hydrogens is 473 g/mol. The molecule has 2 aromatic carbocycles. The summed E-state index contributed by atoms with van der Waals surface area (Å²) in [5.41, 5.74) is 2.00. The summed E-state index contributed by atoms with van der Waals surface area (Å²) >= 11 is 0. The second kappa shape index (κ2) is 10.7. The topological polar surface area (TPSA) is 81.4 Å². The van der Waals surface area contributed by atoms with Crippen LogP contribution >= 0.6 is 0 Å². The van der Waals surface area contributed by atoms with Gasteiger partial charge in [-0.15, -0.1) is 0 Å². The van der Waals surface area contributed by atoms with E-state index in [1.807, 2.05) is 53.4 Å². The van der Waals surface area contributed by atoms with Crippen LogP contribution in [0.1, 0.15) is 28.8 Å². The van der Waals surface area contributed by atoms with Crippen molar-refractivity contribution in [2.75, 3.05) is 20.2 Å². The highest BCUT2D eigenvalue weighted by atomic mass is 19.1. The average molecular weight is 502 g/mol. The molecule has 0 bridgehead atoms. The molecule has 1 N–H and O–H groups in total. The van der Waals surface area contributed by atoms with Crippen molar-refractivity contribution in [3.8, 4) is 17.3 Å². The molecule has 37 heavy (non-hydrogen) atoms. The largest absolute Gasteiger partial charge is 0.497 e. The van der Waals surface area contributed by atoms with Gasteiger partial charge < -0.3 is 19.5 Å². The van der Waals surface area contributed by atoms with E-state index in [1.54, 1.807) is 28.8 Å². The molecule has 1 aliphatic heterocycles. The predicted molar refractivity (Wildman–Crippen MR) is 136 cm³/mol. The van der Waals surface area contributed by atoms with Crippen LogP contribution in [-0.4, -0.2) is 51.3 Å². The molecular formula is C28H28FN5O3. The zero-order valence-electron chi connectivity index (χ0n) is 20.5. The standard InChI is InChI=1S/C28H28FN5O3/c1-37-24-8-4-6-20(16-24)17-30-26(35)21-7-5-15-33(19-21)28(36)25-18-31-34(23-11-9-22(29)10-12-23)27(25)32-13-2-3-14-32/h2-4,6,8-14,16,18,21H,5,7,15,17,19H2,1H3,(H,30,35)/t21-/m0/s1. The van der Waals surface area contributed by atoms with E-state index >= 15 is 0 Å². The molecule has 2 aromatic heterocycles. The first-order valence-electron chi connectivity index (χ1n) is 12.2. The number of aromatic nitrogens is 3. The van der Waals surface area contributed by atoms with Crippen LogP contribution in [0.25, 0.3) is 11.5 Å². The van der Waals surface area contributed by atoms with Gasteiger partial charge in [0.15, 0.2) is 5.82 Å². The molecule has 5 rings (SSSR count). The first-order chi connectivity index (χ1) is 18.0. The molecule has 0 aliphatic carbocycles. The van der Waals surface area contributed by atoms with E-state index in [-0.39, 0.29) is 23.5 Å². The summed E-state index contributed by atoms with van der Waals surface area (Å²) in [6, 6.07) is 17.2. The molecule has 4 aromatic rings. The van der Waals surface area contributed by atoms with Gasteiger partial charge in [0, 0.05) is 32.0 Å². The van der Waals surface area contributed by atoms with Crippen LogP contribution in [0.3, 0.4) is 0 Å². The molecule has 1 atom stereocenters. The van der Waals surface area contributed by atoms with Crippen LogP contribution in [0, 0.1) is 11.7 Å². The Bertz CT molecular complexity index is 1380. The number of hydrogen-bond donors (Lipinski definition) is 1. The van der Waals surface area contributed by atoms with Crippen molar-refractivity contribution < 1.29 is 18.7 Å². The second-order valence-corrected chi connectivity index (χ2v) is 9.02. The minimum atomic E-state index is -0.348. The number of methoxy groups -OCH3 is 1. The first kappa shape index (κ1) is 24.3. The van der Waals surface area contributed by atoms with Crippen molar-refractivity contribution in [3.05, 3.63) is 96.2 Å². The zero-order valence-corrected chi connectivity index (χ0v) is 20.5. The number of halogens is 1. The predicted octanol–water partition coefficient (Wildman–Crippen LogP) is 3.98. The number of ether oxygens (including phenoxy) is 1. The lowest BCUT2D eigenvalue weighted by Crippen LogP contribution is -2.45. The Morgan fingerprint density at radius 2 is 1.89 bits per heavy atom. The number of rotatable bonds is 7. The molecule has 8 nitrogen and oxygen atoms in total. The van der Waals surface area contributed by atoms with Crippen molar-refractivity contribution in [2.45, 2.75) is 19.4 Å². The van der Waals surface area contributed by atoms with Crippen molar-refractivity contribution in [2.24, 2.45) is 5.92 Å². The van der Waals surface area contributed by atoms with Crippen molar-refractivity contribution in [1.29, 1.82) is 0 Å². The zero-order chi connectivity index (χ0) is 25.8. The molecule has 0 spiro atoms. The van der Waals surface area contributed by atoms with Gasteiger partial charge in [0.1, 0.15) is 17.1 Å². The fourth-order valence-electron chi connectivity index (χ4n) is 4.65. The summed E-state index contributed by atoms with van der Waals surface area (Å²) in [7, 11) is 1.61. The molecule has 1 aliphatic rings. The van der Waals surface area contributed by atoms with Gasteiger partial charge in [0.2, 0.25) is 5.91 Å². The number of carbonyl (C=O) groups excluding carboxylic acids is 2. The van der Waals surface area contributed by atoms with Gasteiger partial charge in [0.05, 0.1) is 24.9 Å². The highest BCUT2D eigenvalue weighted by Crippen LogP contribution is 2.25. The number of nitrogens with one attached hydrogen (secondary N) is 1. The van der Waals surface area contributed by atoms with E-state index in [4.69, 9.17) is 4.74 Å². The maximum Gasteiger partial charge on any atom is 0.259 e. The Morgan fingerprint density at radius 3 is 2.65 bits per heavy atom. The lowest BCUT2D eigenvalue weighted by Gasteiger charge is -2.32. The summed E-state index contributed by atoms with van der Waals surface area (Å²) in [6.45, 7) is 1.28. The number of nitrogens with zero attached hydrogens (tertiary/aromatic N) is 4. The van der Waals surface area contributed by atoms with Crippen LogP contribution in [0.15, 0.2) is 79.3 Å². The number of hydrogen-bond acceptors (Lipinski definition) is 4. The van der Waals surface area contributed by atoms with E-state index < -0.39 is 0 Å². The molecule has 1 fully saturated rings. The molecule has 190 valence electrons. The van der Waals surface area contributed by atoms with Crippen LogP contribution in [-0.2, 0) is 11.3 Å². The van der Waals surface area contributed by atoms with Gasteiger partial charge in [-0.25, -0.2) is 9.07 Å². The van der Waals surface area contributed by atoms with Gasteiger partial charge in [-0.2, -0.15) is 5.10 Å². The Labute approximate surface area is 214 Å². The van der Waals surface area contributed by atoms with Crippen LogP contribution in [0.4, 0.5) is 4.39 Å². The summed E-state index contributed by atoms with van der Waals surface area (Å²) in [4.78, 5) is 28.4. The number of piperidine rings is 1. The van der Waals surface area contributed by atoms with Crippen LogP contribution in [0.2, 0.25) is 0 Å². The quantitative estimate of drug-likeness (QED) is 0.415. The molecule has 3 heterocycles. The second-order valence-electron chi connectivity index (χ2n) is 9.02. The van der Waals surface area contributed by atoms with Crippen LogP contribution < -0.4 is 10.1 Å². The lowest BCUT2D eigenvalue weighted by molar-refractivity contribution is -0.126. The van der Waals surface area contributed by atoms with E-state index in [0.29, 0.717) is 43.1 Å². The Hall–Kier alpha value is -4.40. The molecule has 2 amide bonds. The average Bonchev–Trinajstić information content (AvgIpc) is 3.62. The normalized spacial score (nSPS) is 15.4. The summed E-state index contributed by atoms with van der Waals surface area (Å²) in [5.74, 6) is 0.381. The van der Waals surface area contributed by atoms with Crippen molar-refractivity contribution in [1.82, 2.24) is 24.6 Å². The number of amides is 2. The molecule has 0 unspecified atom stereocenters. The Kier molecular flexibility index (Phi) is 7.02. The van der Waals surface area contributed by atoms with Crippen molar-refractivity contribution >= 4 is 11.8 Å². The third kappa shape index (κ3) is 5.25. The van der Waals surface area contributed by atoms with E-state index in [9.17, 15) is 14.0 Å². The fraction of sp³-hybridized carbons (Fsp3) is 0.250. The highest BCUT2D eigenvalue weighted by molar-refractivity contribution is 5.97. The summed E-state index contributed by atoms with van der Waals surface area (Å²) in [6.07, 6.45) is 6.64. The van der Waals surface area contributed by atoms with Gasteiger partial charge in [-0.05, 0) is 66.9 Å². The van der Waals surface area contributed by atoms with Gasteiger partial charge >= 0.3 is 0 Å². The number of carbonyl (C=O) groups is 2. The van der Waals surface area contributed by atoms with Gasteiger partial charge in [-0.3, -0.25) is 9.59 Å². The third-order valence-electron chi connectivity index (χ3n) is 6.57. The van der Waals surface area contributed by atoms with E-state index in [1.165, 1.54) is 18.3 Å². The van der Waals surface area contributed by atoms with E-state index in [0.717, 1.165) is 17.7 Å².